The maximum atomic E-state index is 12.6. The second-order valence-corrected chi connectivity index (χ2v) is 17.6. The van der Waals surface area contributed by atoms with E-state index in [-0.39, 0.29) is 23.9 Å². The van der Waals surface area contributed by atoms with Crippen LogP contribution in [-0.4, -0.2) is 62.6 Å². The van der Waals surface area contributed by atoms with Gasteiger partial charge in [0.15, 0.2) is 0 Å². The molecule has 7 nitrogen and oxygen atoms in total. The first-order chi connectivity index (χ1) is 27.2. The molecule has 0 bridgehead atoms. The van der Waals surface area contributed by atoms with E-state index in [4.69, 9.17) is 9.47 Å². The largest absolute Gasteiger partial charge is 0.466 e. The maximum absolute atomic E-state index is 12.6. The Labute approximate surface area is 348 Å². The van der Waals surface area contributed by atoms with E-state index >= 15 is 0 Å². The number of carbonyl (C=O) groups excluding carboxylic acids is 3. The van der Waals surface area contributed by atoms with Crippen molar-refractivity contribution in [2.24, 2.45) is 11.8 Å². The molecule has 0 aliphatic heterocycles. The first-order valence-corrected chi connectivity index (χ1v) is 24.5. The first kappa shape index (κ1) is 54.4. The van der Waals surface area contributed by atoms with Gasteiger partial charge in [-0.15, -0.1) is 0 Å². The molecule has 0 aromatic heterocycles. The number of hydrogen-bond donors (Lipinski definition) is 1. The molecular formula is C49H96N2O5. The van der Waals surface area contributed by atoms with Crippen LogP contribution in [0.2, 0.25) is 0 Å². The van der Waals surface area contributed by atoms with Gasteiger partial charge in [0.2, 0.25) is 5.91 Å². The van der Waals surface area contributed by atoms with Crippen molar-refractivity contribution in [3.63, 3.8) is 0 Å². The fraction of sp³-hybridized carbons (Fsp3) is 0.939. The summed E-state index contributed by atoms with van der Waals surface area (Å²) in [6, 6.07) is 0.239. The molecule has 0 unspecified atom stereocenters. The van der Waals surface area contributed by atoms with Crippen molar-refractivity contribution >= 4 is 17.8 Å². The third kappa shape index (κ3) is 37.9. The molecule has 0 aromatic rings. The Morgan fingerprint density at radius 3 is 1.09 bits per heavy atom. The molecule has 0 saturated carbocycles. The van der Waals surface area contributed by atoms with Crippen LogP contribution in [0.3, 0.4) is 0 Å². The Hall–Kier alpha value is -1.63. The van der Waals surface area contributed by atoms with Crippen molar-refractivity contribution in [3.05, 3.63) is 0 Å². The molecule has 0 fully saturated rings. The van der Waals surface area contributed by atoms with Crippen LogP contribution in [0.1, 0.15) is 246 Å². The summed E-state index contributed by atoms with van der Waals surface area (Å²) in [7, 11) is 3.88. The topological polar surface area (TPSA) is 84.9 Å². The lowest BCUT2D eigenvalue weighted by atomic mass is 9.92. The second-order valence-electron chi connectivity index (χ2n) is 17.6. The zero-order valence-corrected chi connectivity index (χ0v) is 38.4. The van der Waals surface area contributed by atoms with E-state index in [2.05, 4.69) is 33.0 Å². The van der Waals surface area contributed by atoms with Gasteiger partial charge in [0.1, 0.15) is 0 Å². The lowest BCUT2D eigenvalue weighted by Gasteiger charge is -2.20. The molecule has 0 radical (unpaired) electrons. The van der Waals surface area contributed by atoms with Crippen LogP contribution in [0.25, 0.3) is 0 Å². The summed E-state index contributed by atoms with van der Waals surface area (Å²) < 4.78 is 11.3. The monoisotopic (exact) mass is 793 g/mol. The SMILES string of the molecule is CCCCCC(CCCCC)CCOC(=O)CCCCCCCCC(CCCCCCCCC(=O)OCCC(CCCCC)CCCCC)NC(=O)CN(C)C. The van der Waals surface area contributed by atoms with Gasteiger partial charge in [-0.3, -0.25) is 14.4 Å². The highest BCUT2D eigenvalue weighted by Crippen LogP contribution is 2.23. The van der Waals surface area contributed by atoms with E-state index in [0.29, 0.717) is 44.4 Å². The predicted octanol–water partition coefficient (Wildman–Crippen LogP) is 13.7. The van der Waals surface area contributed by atoms with Crippen LogP contribution in [0.4, 0.5) is 0 Å². The summed E-state index contributed by atoms with van der Waals surface area (Å²) in [5, 5.41) is 3.31. The fourth-order valence-corrected chi connectivity index (χ4v) is 8.00. The average molecular weight is 793 g/mol. The van der Waals surface area contributed by atoms with Crippen LogP contribution in [0, 0.1) is 11.8 Å². The molecule has 332 valence electrons. The molecule has 0 spiro atoms. The van der Waals surface area contributed by atoms with E-state index in [0.717, 1.165) is 77.0 Å². The van der Waals surface area contributed by atoms with Crippen molar-refractivity contribution in [1.82, 2.24) is 10.2 Å². The van der Waals surface area contributed by atoms with Gasteiger partial charge in [-0.1, -0.05) is 195 Å². The lowest BCUT2D eigenvalue weighted by molar-refractivity contribution is -0.145. The van der Waals surface area contributed by atoms with Crippen molar-refractivity contribution in [1.29, 1.82) is 0 Å². The van der Waals surface area contributed by atoms with Crippen molar-refractivity contribution in [2.45, 2.75) is 252 Å². The normalized spacial score (nSPS) is 11.7. The van der Waals surface area contributed by atoms with Crippen molar-refractivity contribution < 1.29 is 23.9 Å². The van der Waals surface area contributed by atoms with Crippen LogP contribution < -0.4 is 5.32 Å². The third-order valence-electron chi connectivity index (χ3n) is 11.6. The molecule has 0 aliphatic carbocycles. The highest BCUT2D eigenvalue weighted by atomic mass is 16.5. The van der Waals surface area contributed by atoms with Gasteiger partial charge >= 0.3 is 11.9 Å². The Bertz CT molecular complexity index is 803. The number of carbonyl (C=O) groups is 3. The number of hydrogen-bond acceptors (Lipinski definition) is 6. The Balaban J connectivity index is 4.17. The van der Waals surface area contributed by atoms with Gasteiger partial charge in [0, 0.05) is 18.9 Å². The van der Waals surface area contributed by atoms with Crippen LogP contribution >= 0.6 is 0 Å². The molecule has 0 aromatic carbocycles. The number of ether oxygens (including phenoxy) is 2. The summed E-state index contributed by atoms with van der Waals surface area (Å²) in [6.07, 6.45) is 39.0. The average Bonchev–Trinajstić information content (AvgIpc) is 3.16. The number of nitrogens with one attached hydrogen (secondary N) is 1. The van der Waals surface area contributed by atoms with E-state index in [1.807, 2.05) is 19.0 Å². The first-order valence-electron chi connectivity index (χ1n) is 24.5. The molecule has 7 heteroatoms. The minimum atomic E-state index is -0.0213. The summed E-state index contributed by atoms with van der Waals surface area (Å²) in [5.41, 5.74) is 0. The molecule has 0 atom stereocenters. The molecule has 1 amide bonds. The molecule has 0 saturated heterocycles. The van der Waals surface area contributed by atoms with E-state index < -0.39 is 0 Å². The standard InChI is InChI=1S/C49H96N2O5/c1-7-11-23-31-44(32-24-12-8-2)39-41-55-48(53)37-29-21-17-15-19-27-35-46(50-47(52)43-51(5)6)36-28-20-16-18-22-30-38-49(54)56-42-40-45(33-25-13-9-3)34-26-14-10-4/h44-46H,7-43H2,1-6H3,(H,50,52). The molecule has 56 heavy (non-hydrogen) atoms. The lowest BCUT2D eigenvalue weighted by Crippen LogP contribution is -2.40. The quantitative estimate of drug-likeness (QED) is 0.0489. The predicted molar refractivity (Wildman–Crippen MR) is 239 cm³/mol. The van der Waals surface area contributed by atoms with E-state index in [1.165, 1.54) is 128 Å². The molecule has 1 N–H and O–H groups in total. The fourth-order valence-electron chi connectivity index (χ4n) is 8.00. The van der Waals surface area contributed by atoms with Crippen LogP contribution in [0.15, 0.2) is 0 Å². The second kappa shape index (κ2) is 41.5. The summed E-state index contributed by atoms with van der Waals surface area (Å²) in [5.74, 6) is 1.48. The van der Waals surface area contributed by atoms with Gasteiger partial charge in [-0.25, -0.2) is 0 Å². The maximum Gasteiger partial charge on any atom is 0.305 e. The zero-order chi connectivity index (χ0) is 41.3. The van der Waals surface area contributed by atoms with E-state index in [9.17, 15) is 14.4 Å². The molecule has 0 rings (SSSR count). The van der Waals surface area contributed by atoms with Crippen molar-refractivity contribution in [3.8, 4) is 0 Å². The minimum Gasteiger partial charge on any atom is -0.466 e. The van der Waals surface area contributed by atoms with Gasteiger partial charge in [-0.05, 0) is 64.5 Å². The Kier molecular flexibility index (Phi) is 40.3. The van der Waals surface area contributed by atoms with Gasteiger partial charge in [0.25, 0.3) is 0 Å². The minimum absolute atomic E-state index is 0.0213. The Morgan fingerprint density at radius 1 is 0.429 bits per heavy atom. The summed E-state index contributed by atoms with van der Waals surface area (Å²) in [4.78, 5) is 39.2. The van der Waals surface area contributed by atoms with Gasteiger partial charge in [0.05, 0.1) is 19.8 Å². The van der Waals surface area contributed by atoms with Gasteiger partial charge < -0.3 is 19.7 Å². The highest BCUT2D eigenvalue weighted by Gasteiger charge is 2.14. The van der Waals surface area contributed by atoms with Gasteiger partial charge in [-0.2, -0.15) is 0 Å². The Morgan fingerprint density at radius 2 is 0.750 bits per heavy atom. The van der Waals surface area contributed by atoms with Crippen LogP contribution in [-0.2, 0) is 23.9 Å². The molecule has 0 aliphatic rings. The number of unbranched alkanes of at least 4 members (excludes halogenated alkanes) is 18. The zero-order valence-electron chi connectivity index (χ0n) is 38.4. The number of esters is 2. The van der Waals surface area contributed by atoms with Crippen molar-refractivity contribution in [2.75, 3.05) is 33.9 Å². The number of nitrogens with zero attached hydrogens (tertiary/aromatic N) is 1. The van der Waals surface area contributed by atoms with E-state index in [1.54, 1.807) is 0 Å². The molecule has 0 heterocycles. The van der Waals surface area contributed by atoms with Crippen LogP contribution in [0.5, 0.6) is 0 Å². The number of likely N-dealkylation sites (N-methyl/N-ethyl adjacent to an activating group) is 1. The third-order valence-corrected chi connectivity index (χ3v) is 11.6. The number of amides is 1. The number of rotatable bonds is 43. The summed E-state index contributed by atoms with van der Waals surface area (Å²) in [6.45, 7) is 10.6. The highest BCUT2D eigenvalue weighted by molar-refractivity contribution is 5.78. The molecular weight excluding hydrogens is 697 g/mol. The smallest absolute Gasteiger partial charge is 0.305 e. The summed E-state index contributed by atoms with van der Waals surface area (Å²) >= 11 is 0.